The van der Waals surface area contributed by atoms with Crippen molar-refractivity contribution in [2.45, 2.75) is 64.6 Å². The molecule has 0 aromatic heterocycles. The summed E-state index contributed by atoms with van der Waals surface area (Å²) in [7, 11) is 0. The average molecular weight is 247 g/mol. The molecule has 2 rings (SSSR count). The Morgan fingerprint density at radius 1 is 1.11 bits per heavy atom. The smallest absolute Gasteiger partial charge is 0.0943 e. The number of benzene rings is 1. The minimum absolute atomic E-state index is 0.0958. The quantitative estimate of drug-likeness (QED) is 0.857. The Hall–Kier alpha value is -0.860. The number of hydrogen-bond acceptors (Lipinski definition) is 2. The molecule has 1 aromatic carbocycles. The zero-order valence-electron chi connectivity index (χ0n) is 11.7. The molecule has 0 radical (unpaired) electrons. The van der Waals surface area contributed by atoms with Gasteiger partial charge in [0.1, 0.15) is 0 Å². The third-order valence-corrected chi connectivity index (χ3v) is 3.82. The molecule has 18 heavy (non-hydrogen) atoms. The van der Waals surface area contributed by atoms with Gasteiger partial charge in [-0.15, -0.1) is 0 Å². The van der Waals surface area contributed by atoms with Gasteiger partial charge in [0.25, 0.3) is 0 Å². The number of hydrogen-bond donors (Lipinski definition) is 2. The van der Waals surface area contributed by atoms with Crippen LogP contribution >= 0.6 is 0 Å². The highest BCUT2D eigenvalue weighted by atomic mass is 16.3. The summed E-state index contributed by atoms with van der Waals surface area (Å²) in [6, 6.07) is 6.89. The van der Waals surface area contributed by atoms with Gasteiger partial charge < -0.3 is 10.4 Å². The fourth-order valence-electron chi connectivity index (χ4n) is 2.97. The highest BCUT2D eigenvalue weighted by Gasteiger charge is 2.22. The van der Waals surface area contributed by atoms with Crippen molar-refractivity contribution in [3.05, 3.63) is 34.9 Å². The topological polar surface area (TPSA) is 32.3 Å². The molecular weight excluding hydrogens is 222 g/mol. The van der Waals surface area contributed by atoms with Crippen molar-refractivity contribution >= 4 is 0 Å². The monoisotopic (exact) mass is 247 g/mol. The first-order valence-corrected chi connectivity index (χ1v) is 7.14. The number of fused-ring (bicyclic) bond motifs is 1. The zero-order chi connectivity index (χ0) is 13.1. The maximum Gasteiger partial charge on any atom is 0.0943 e. The van der Waals surface area contributed by atoms with Crippen LogP contribution < -0.4 is 5.32 Å². The molecule has 2 nitrogen and oxygen atoms in total. The predicted molar refractivity (Wildman–Crippen MR) is 75.8 cm³/mol. The van der Waals surface area contributed by atoms with Crippen LogP contribution in [0.15, 0.2) is 18.2 Å². The normalized spacial score (nSPS) is 18.5. The molecule has 0 spiro atoms. The third-order valence-electron chi connectivity index (χ3n) is 3.82. The van der Waals surface area contributed by atoms with Crippen molar-refractivity contribution in [3.63, 3.8) is 0 Å². The number of aliphatic hydroxyl groups excluding tert-OH is 1. The maximum absolute atomic E-state index is 10.5. The summed E-state index contributed by atoms with van der Waals surface area (Å²) in [5.74, 6) is 0. The second-order valence-electron chi connectivity index (χ2n) is 5.75. The molecule has 0 saturated heterocycles. The zero-order valence-corrected chi connectivity index (χ0v) is 11.7. The molecule has 0 bridgehead atoms. The molecular formula is C16H25NO. The van der Waals surface area contributed by atoms with Crippen LogP contribution in [0, 0.1) is 0 Å². The molecule has 1 aromatic rings. The van der Waals surface area contributed by atoms with Gasteiger partial charge in [0.2, 0.25) is 0 Å². The van der Waals surface area contributed by atoms with Gasteiger partial charge in [-0.05, 0) is 49.3 Å². The number of rotatable bonds is 4. The van der Waals surface area contributed by atoms with Crippen LogP contribution in [0.4, 0.5) is 0 Å². The fourth-order valence-corrected chi connectivity index (χ4v) is 2.97. The van der Waals surface area contributed by atoms with E-state index in [1.165, 1.54) is 30.4 Å². The molecule has 2 N–H and O–H groups in total. The predicted octanol–water partition coefficient (Wildman–Crippen LogP) is 2.99. The summed E-state index contributed by atoms with van der Waals surface area (Å²) in [6.07, 6.45) is 4.42. The summed E-state index contributed by atoms with van der Waals surface area (Å²) in [5.41, 5.74) is 3.97. The molecule has 2 unspecified atom stereocenters. The van der Waals surface area contributed by atoms with E-state index in [2.05, 4.69) is 44.3 Å². The third kappa shape index (κ3) is 2.93. The van der Waals surface area contributed by atoms with E-state index in [0.717, 1.165) is 12.0 Å². The fraction of sp³-hybridized carbons (Fsp3) is 0.625. The van der Waals surface area contributed by atoms with Gasteiger partial charge in [-0.3, -0.25) is 0 Å². The van der Waals surface area contributed by atoms with Gasteiger partial charge in [-0.2, -0.15) is 0 Å². The lowest BCUT2D eigenvalue weighted by Gasteiger charge is -2.27. The second kappa shape index (κ2) is 5.85. The van der Waals surface area contributed by atoms with Gasteiger partial charge >= 0.3 is 0 Å². The first-order chi connectivity index (χ1) is 8.59. The second-order valence-corrected chi connectivity index (χ2v) is 5.75. The number of aryl methyl sites for hydroxylation is 1. The van der Waals surface area contributed by atoms with Crippen LogP contribution in [0.5, 0.6) is 0 Å². The van der Waals surface area contributed by atoms with Gasteiger partial charge in [0.15, 0.2) is 0 Å². The number of nitrogens with one attached hydrogen (secondary N) is 1. The Bertz CT molecular complexity index is 400. The molecule has 2 atom stereocenters. The lowest BCUT2D eigenvalue weighted by atomic mass is 9.85. The Kier molecular flexibility index (Phi) is 4.41. The van der Waals surface area contributed by atoms with Crippen molar-refractivity contribution < 1.29 is 5.11 Å². The Labute approximate surface area is 110 Å². The van der Waals surface area contributed by atoms with Crippen LogP contribution in [0.25, 0.3) is 0 Å². The Morgan fingerprint density at radius 2 is 1.83 bits per heavy atom. The first-order valence-electron chi connectivity index (χ1n) is 7.14. The van der Waals surface area contributed by atoms with Gasteiger partial charge in [0, 0.05) is 12.1 Å². The van der Waals surface area contributed by atoms with E-state index < -0.39 is 6.10 Å². The average Bonchev–Trinajstić information content (AvgIpc) is 2.36. The van der Waals surface area contributed by atoms with E-state index in [4.69, 9.17) is 0 Å². The van der Waals surface area contributed by atoms with Gasteiger partial charge in [-0.1, -0.05) is 32.0 Å². The van der Waals surface area contributed by atoms with Crippen LogP contribution in [-0.2, 0) is 12.8 Å². The van der Waals surface area contributed by atoms with E-state index in [1.54, 1.807) is 0 Å². The molecule has 0 amide bonds. The van der Waals surface area contributed by atoms with Gasteiger partial charge in [0.05, 0.1) is 6.10 Å². The Balaban J connectivity index is 2.22. The molecule has 100 valence electrons. The van der Waals surface area contributed by atoms with E-state index in [9.17, 15) is 5.11 Å². The van der Waals surface area contributed by atoms with Crippen molar-refractivity contribution in [1.29, 1.82) is 0 Å². The molecule has 0 heterocycles. The summed E-state index contributed by atoms with van der Waals surface area (Å²) < 4.78 is 0. The highest BCUT2D eigenvalue weighted by molar-refractivity contribution is 5.38. The summed E-state index contributed by atoms with van der Waals surface area (Å²) in [6.45, 7) is 6.29. The van der Waals surface area contributed by atoms with E-state index in [-0.39, 0.29) is 6.04 Å². The maximum atomic E-state index is 10.5. The molecule has 2 heteroatoms. The van der Waals surface area contributed by atoms with Crippen molar-refractivity contribution in [1.82, 2.24) is 5.32 Å². The van der Waals surface area contributed by atoms with Crippen LogP contribution in [0.1, 0.15) is 56.4 Å². The molecule has 1 aliphatic carbocycles. The molecule has 0 aliphatic heterocycles. The minimum atomic E-state index is -0.402. The largest absolute Gasteiger partial charge is 0.387 e. The lowest BCUT2D eigenvalue weighted by Crippen LogP contribution is -2.37. The standard InChI is InChI=1S/C16H25NO/c1-11(2)17-12(3)16(18)15-10-6-8-13-7-4-5-9-14(13)15/h6,8,10-12,16-18H,4-5,7,9H2,1-3H3. The van der Waals surface area contributed by atoms with Crippen LogP contribution in [-0.4, -0.2) is 17.2 Å². The van der Waals surface area contributed by atoms with Gasteiger partial charge in [-0.25, -0.2) is 0 Å². The molecule has 1 aliphatic rings. The number of aliphatic hydroxyl groups is 1. The minimum Gasteiger partial charge on any atom is -0.387 e. The van der Waals surface area contributed by atoms with E-state index in [0.29, 0.717) is 6.04 Å². The first kappa shape index (κ1) is 13.6. The Morgan fingerprint density at radius 3 is 2.56 bits per heavy atom. The van der Waals surface area contributed by atoms with Crippen molar-refractivity contribution in [2.75, 3.05) is 0 Å². The van der Waals surface area contributed by atoms with Crippen molar-refractivity contribution in [3.8, 4) is 0 Å². The van der Waals surface area contributed by atoms with Crippen molar-refractivity contribution in [2.24, 2.45) is 0 Å². The van der Waals surface area contributed by atoms with Crippen LogP contribution in [0.3, 0.4) is 0 Å². The summed E-state index contributed by atoms with van der Waals surface area (Å²) in [4.78, 5) is 0. The van der Waals surface area contributed by atoms with E-state index >= 15 is 0 Å². The summed E-state index contributed by atoms with van der Waals surface area (Å²) in [5, 5.41) is 13.9. The SMILES string of the molecule is CC(C)NC(C)C(O)c1cccc2c1CCCC2. The molecule has 0 fully saturated rings. The lowest BCUT2D eigenvalue weighted by molar-refractivity contribution is 0.130. The van der Waals surface area contributed by atoms with E-state index in [1.807, 2.05) is 0 Å². The highest BCUT2D eigenvalue weighted by Crippen LogP contribution is 2.29. The summed E-state index contributed by atoms with van der Waals surface area (Å²) >= 11 is 0. The molecule has 0 saturated carbocycles. The van der Waals surface area contributed by atoms with Crippen LogP contribution in [0.2, 0.25) is 0 Å².